The summed E-state index contributed by atoms with van der Waals surface area (Å²) >= 11 is 0. The van der Waals surface area contributed by atoms with Crippen molar-refractivity contribution >= 4 is 6.08 Å². The van der Waals surface area contributed by atoms with Gasteiger partial charge in [-0.1, -0.05) is 71.0 Å². The molecular formula is C18H30O. The lowest BCUT2D eigenvalue weighted by Crippen LogP contribution is -1.95. The van der Waals surface area contributed by atoms with Gasteiger partial charge in [-0.3, -0.25) is 0 Å². The Labute approximate surface area is 119 Å². The molecule has 0 aromatic heterocycles. The molecule has 1 nitrogen and oxygen atoms in total. The lowest BCUT2D eigenvalue weighted by Gasteiger charge is -2.05. The van der Waals surface area contributed by atoms with Crippen molar-refractivity contribution in [1.29, 1.82) is 0 Å². The number of hydrogen-bond donors (Lipinski definition) is 1. The normalized spacial score (nSPS) is 12.7. The summed E-state index contributed by atoms with van der Waals surface area (Å²) in [5, 5.41) is 9.12. The van der Waals surface area contributed by atoms with E-state index in [9.17, 15) is 0 Å². The molecule has 1 N–H and O–H groups in total. The van der Waals surface area contributed by atoms with Gasteiger partial charge in [-0.05, 0) is 36.3 Å². The first-order valence-electron chi connectivity index (χ1n) is 7.27. The molecule has 0 spiro atoms. The Morgan fingerprint density at radius 1 is 1.05 bits per heavy atom. The van der Waals surface area contributed by atoms with Crippen LogP contribution in [0.2, 0.25) is 0 Å². The Hall–Kier alpha value is -1.08. The van der Waals surface area contributed by atoms with Crippen LogP contribution >= 0.6 is 0 Å². The zero-order valence-corrected chi connectivity index (χ0v) is 13.4. The van der Waals surface area contributed by atoms with Crippen molar-refractivity contribution in [3.8, 4) is 0 Å². The second-order valence-electron chi connectivity index (χ2n) is 6.04. The first-order valence-corrected chi connectivity index (χ1v) is 7.27. The molecular weight excluding hydrogens is 232 g/mol. The maximum atomic E-state index is 9.12. The van der Waals surface area contributed by atoms with Crippen LogP contribution in [0, 0.1) is 5.92 Å². The van der Waals surface area contributed by atoms with Crippen LogP contribution in [0.25, 0.3) is 6.08 Å². The van der Waals surface area contributed by atoms with Crippen LogP contribution < -0.4 is 0 Å². The van der Waals surface area contributed by atoms with Gasteiger partial charge in [0.05, 0.1) is 6.10 Å². The molecule has 0 unspecified atom stereocenters. The molecule has 0 radical (unpaired) electrons. The molecule has 0 fully saturated rings. The maximum absolute atomic E-state index is 9.12. The summed E-state index contributed by atoms with van der Waals surface area (Å²) in [5.74, 6) is 1.40. The monoisotopic (exact) mass is 262 g/mol. The highest BCUT2D eigenvalue weighted by molar-refractivity contribution is 5.50. The largest absolute Gasteiger partial charge is 0.393 e. The minimum Gasteiger partial charge on any atom is -0.393 e. The third kappa shape index (κ3) is 10.5. The lowest BCUT2D eigenvalue weighted by atomic mass is 10.0. The van der Waals surface area contributed by atoms with Crippen molar-refractivity contribution in [2.24, 2.45) is 5.92 Å². The van der Waals surface area contributed by atoms with Gasteiger partial charge in [0.25, 0.3) is 0 Å². The third-order valence-electron chi connectivity index (χ3n) is 2.36. The highest BCUT2D eigenvalue weighted by Crippen LogP contribution is 2.16. The molecule has 1 aromatic rings. The van der Waals surface area contributed by atoms with E-state index in [1.807, 2.05) is 6.08 Å². The van der Waals surface area contributed by atoms with Gasteiger partial charge < -0.3 is 5.11 Å². The topological polar surface area (TPSA) is 20.2 Å². The quantitative estimate of drug-likeness (QED) is 0.785. The van der Waals surface area contributed by atoms with Crippen LogP contribution in [0.5, 0.6) is 0 Å². The zero-order valence-electron chi connectivity index (χ0n) is 13.4. The van der Waals surface area contributed by atoms with Gasteiger partial charge in [-0.2, -0.15) is 0 Å². The molecule has 0 aliphatic carbocycles. The summed E-state index contributed by atoms with van der Waals surface area (Å²) in [6.07, 6.45) is 4.55. The first kappa shape index (κ1) is 17.9. The standard InChI is InChI=1S/C14H20O.C4H10/c1-11(2)14-9-5-8-13(10-14)7-4-6-12(3)15;1-4(2)3/h4-5,7-12,15H,6H2,1-3H3;4H,1-3H3/b7-4+;/t12-;/m0./s1. The number of aliphatic hydroxyl groups is 1. The number of rotatable bonds is 4. The van der Waals surface area contributed by atoms with Crippen molar-refractivity contribution in [1.82, 2.24) is 0 Å². The third-order valence-corrected chi connectivity index (χ3v) is 2.36. The lowest BCUT2D eigenvalue weighted by molar-refractivity contribution is 0.199. The molecule has 1 atom stereocenters. The molecule has 19 heavy (non-hydrogen) atoms. The average Bonchev–Trinajstić information content (AvgIpc) is 2.28. The van der Waals surface area contributed by atoms with Crippen LogP contribution in [-0.4, -0.2) is 11.2 Å². The van der Waals surface area contributed by atoms with E-state index < -0.39 is 0 Å². The van der Waals surface area contributed by atoms with Gasteiger partial charge in [0, 0.05) is 0 Å². The molecule has 1 aromatic carbocycles. The maximum Gasteiger partial charge on any atom is 0.0546 e. The number of aliphatic hydroxyl groups excluding tert-OH is 1. The molecule has 0 bridgehead atoms. The van der Waals surface area contributed by atoms with Crippen LogP contribution in [0.15, 0.2) is 30.3 Å². The summed E-state index contributed by atoms with van der Waals surface area (Å²) in [7, 11) is 0. The fourth-order valence-corrected chi connectivity index (χ4v) is 1.42. The van der Waals surface area contributed by atoms with E-state index in [0.29, 0.717) is 12.3 Å². The second kappa shape index (κ2) is 9.80. The van der Waals surface area contributed by atoms with Gasteiger partial charge in [-0.25, -0.2) is 0 Å². The number of benzene rings is 1. The molecule has 0 saturated carbocycles. The van der Waals surface area contributed by atoms with E-state index in [0.717, 1.165) is 5.92 Å². The summed E-state index contributed by atoms with van der Waals surface area (Å²) in [6.45, 7) is 12.7. The molecule has 0 amide bonds. The van der Waals surface area contributed by atoms with Crippen LogP contribution in [0.1, 0.15) is 65.0 Å². The Kier molecular flexibility index (Phi) is 9.24. The smallest absolute Gasteiger partial charge is 0.0546 e. The summed E-state index contributed by atoms with van der Waals surface area (Å²) < 4.78 is 0. The Morgan fingerprint density at radius 2 is 1.63 bits per heavy atom. The Bertz CT molecular complexity index is 359. The van der Waals surface area contributed by atoms with Crippen molar-refractivity contribution in [3.05, 3.63) is 41.5 Å². The SMILES string of the molecule is CC(C)C.CC(C)c1cccc(/C=C/C[C@H](C)O)c1. The highest BCUT2D eigenvalue weighted by Gasteiger charge is 1.98. The van der Waals surface area contributed by atoms with Crippen molar-refractivity contribution in [2.45, 2.75) is 60.0 Å². The summed E-state index contributed by atoms with van der Waals surface area (Å²) in [5.41, 5.74) is 2.57. The van der Waals surface area contributed by atoms with Crippen LogP contribution in [0.4, 0.5) is 0 Å². The average molecular weight is 262 g/mol. The minimum absolute atomic E-state index is 0.255. The molecule has 1 rings (SSSR count). The molecule has 108 valence electrons. The molecule has 0 heterocycles. The van der Waals surface area contributed by atoms with Crippen molar-refractivity contribution < 1.29 is 5.11 Å². The predicted octanol–water partition coefficient (Wildman–Crippen LogP) is 5.26. The van der Waals surface area contributed by atoms with Crippen LogP contribution in [-0.2, 0) is 0 Å². The minimum atomic E-state index is -0.255. The van der Waals surface area contributed by atoms with E-state index in [1.54, 1.807) is 6.92 Å². The Morgan fingerprint density at radius 3 is 2.11 bits per heavy atom. The van der Waals surface area contributed by atoms with Crippen molar-refractivity contribution in [2.75, 3.05) is 0 Å². The fourth-order valence-electron chi connectivity index (χ4n) is 1.42. The molecule has 0 aliphatic rings. The van der Waals surface area contributed by atoms with E-state index in [-0.39, 0.29) is 6.10 Å². The van der Waals surface area contributed by atoms with Gasteiger partial charge >= 0.3 is 0 Å². The molecule has 0 saturated heterocycles. The zero-order chi connectivity index (χ0) is 14.8. The summed E-state index contributed by atoms with van der Waals surface area (Å²) in [4.78, 5) is 0. The summed E-state index contributed by atoms with van der Waals surface area (Å²) in [6, 6.07) is 8.52. The second-order valence-corrected chi connectivity index (χ2v) is 6.04. The van der Waals surface area contributed by atoms with Gasteiger partial charge in [-0.15, -0.1) is 0 Å². The fraction of sp³-hybridized carbons (Fsp3) is 0.556. The number of hydrogen-bond acceptors (Lipinski definition) is 1. The first-order chi connectivity index (χ1) is 8.82. The van der Waals surface area contributed by atoms with E-state index >= 15 is 0 Å². The van der Waals surface area contributed by atoms with E-state index in [2.05, 4.69) is 65.0 Å². The van der Waals surface area contributed by atoms with Gasteiger partial charge in [0.15, 0.2) is 0 Å². The molecule has 1 heteroatoms. The Balaban J connectivity index is 0.000000711. The van der Waals surface area contributed by atoms with Gasteiger partial charge in [0.1, 0.15) is 0 Å². The van der Waals surface area contributed by atoms with Gasteiger partial charge in [0.2, 0.25) is 0 Å². The molecule has 0 aliphatic heterocycles. The van der Waals surface area contributed by atoms with E-state index in [4.69, 9.17) is 5.11 Å². The predicted molar refractivity (Wildman–Crippen MR) is 86.4 cm³/mol. The van der Waals surface area contributed by atoms with E-state index in [1.165, 1.54) is 11.1 Å². The highest BCUT2D eigenvalue weighted by atomic mass is 16.3. The van der Waals surface area contributed by atoms with Crippen molar-refractivity contribution in [3.63, 3.8) is 0 Å². The van der Waals surface area contributed by atoms with Crippen LogP contribution in [0.3, 0.4) is 0 Å².